The van der Waals surface area contributed by atoms with E-state index in [-0.39, 0.29) is 28.2 Å². The molecule has 2 aromatic rings. The fraction of sp³-hybridized carbons (Fsp3) is 0.143. The summed E-state index contributed by atoms with van der Waals surface area (Å²) in [5, 5.41) is 9.04. The highest BCUT2D eigenvalue weighted by atomic mass is 19.3. The fourth-order valence-electron chi connectivity index (χ4n) is 1.85. The van der Waals surface area contributed by atoms with Gasteiger partial charge >= 0.3 is 5.97 Å². The first kappa shape index (κ1) is 14.8. The molecule has 110 valence electrons. The standard InChI is InChI=1S/C14H11F3N2O2/c1-6-10(18)5-11(19-12(6)14(20)21)7-2-3-8(13(16)17)9(15)4-7/h2-5,13H,1H3,(H2,18,19)(H,20,21). The molecule has 0 saturated carbocycles. The number of benzene rings is 1. The van der Waals surface area contributed by atoms with Crippen molar-refractivity contribution in [3.63, 3.8) is 0 Å². The van der Waals surface area contributed by atoms with Crippen LogP contribution >= 0.6 is 0 Å². The van der Waals surface area contributed by atoms with Crippen LogP contribution in [0.5, 0.6) is 0 Å². The van der Waals surface area contributed by atoms with Crippen molar-refractivity contribution in [2.45, 2.75) is 13.3 Å². The third kappa shape index (κ3) is 2.81. The number of anilines is 1. The third-order valence-electron chi connectivity index (χ3n) is 3.05. The van der Waals surface area contributed by atoms with Gasteiger partial charge in [-0.25, -0.2) is 22.9 Å². The third-order valence-corrected chi connectivity index (χ3v) is 3.05. The zero-order valence-electron chi connectivity index (χ0n) is 10.9. The average molecular weight is 296 g/mol. The Bertz CT molecular complexity index is 718. The molecule has 2 rings (SSSR count). The highest BCUT2D eigenvalue weighted by Gasteiger charge is 2.17. The summed E-state index contributed by atoms with van der Waals surface area (Å²) < 4.78 is 38.6. The van der Waals surface area contributed by atoms with Gasteiger partial charge in [-0.05, 0) is 25.1 Å². The molecule has 7 heteroatoms. The van der Waals surface area contributed by atoms with Gasteiger partial charge in [0.15, 0.2) is 5.69 Å². The topological polar surface area (TPSA) is 76.2 Å². The summed E-state index contributed by atoms with van der Waals surface area (Å²) >= 11 is 0. The number of nitrogens with zero attached hydrogens (tertiary/aromatic N) is 1. The maximum Gasteiger partial charge on any atom is 0.354 e. The zero-order valence-corrected chi connectivity index (χ0v) is 10.9. The van der Waals surface area contributed by atoms with Crippen LogP contribution in [-0.2, 0) is 0 Å². The first-order valence-corrected chi connectivity index (χ1v) is 5.89. The SMILES string of the molecule is Cc1c(N)cc(-c2ccc(C(F)F)c(F)c2)nc1C(=O)O. The number of hydrogen-bond donors (Lipinski definition) is 2. The number of carbonyl (C=O) groups is 1. The number of carboxylic acids is 1. The Morgan fingerprint density at radius 3 is 2.52 bits per heavy atom. The molecule has 0 unspecified atom stereocenters. The molecule has 0 aliphatic rings. The number of nitrogen functional groups attached to an aromatic ring is 1. The van der Waals surface area contributed by atoms with Crippen molar-refractivity contribution in [3.8, 4) is 11.3 Å². The molecule has 0 atom stereocenters. The minimum atomic E-state index is -2.93. The van der Waals surface area contributed by atoms with Gasteiger partial charge in [-0.3, -0.25) is 0 Å². The zero-order chi connectivity index (χ0) is 15.7. The lowest BCUT2D eigenvalue weighted by Gasteiger charge is -2.09. The Labute approximate surface area is 118 Å². The Hall–Kier alpha value is -2.57. The summed E-state index contributed by atoms with van der Waals surface area (Å²) in [6.07, 6.45) is -2.93. The Morgan fingerprint density at radius 1 is 1.33 bits per heavy atom. The summed E-state index contributed by atoms with van der Waals surface area (Å²) in [6, 6.07) is 4.43. The maximum absolute atomic E-state index is 13.6. The van der Waals surface area contributed by atoms with Crippen molar-refractivity contribution in [1.29, 1.82) is 0 Å². The Morgan fingerprint density at radius 2 is 2.00 bits per heavy atom. The minimum Gasteiger partial charge on any atom is -0.477 e. The van der Waals surface area contributed by atoms with Crippen LogP contribution in [-0.4, -0.2) is 16.1 Å². The molecule has 0 saturated heterocycles. The number of hydrogen-bond acceptors (Lipinski definition) is 3. The Balaban J connectivity index is 2.57. The molecular formula is C14H11F3N2O2. The monoisotopic (exact) mass is 296 g/mol. The summed E-state index contributed by atoms with van der Waals surface area (Å²) in [6.45, 7) is 1.50. The van der Waals surface area contributed by atoms with E-state index in [9.17, 15) is 18.0 Å². The van der Waals surface area contributed by atoms with Gasteiger partial charge in [0.25, 0.3) is 6.43 Å². The van der Waals surface area contributed by atoms with Crippen LogP contribution in [0.15, 0.2) is 24.3 Å². The molecule has 0 bridgehead atoms. The lowest BCUT2D eigenvalue weighted by atomic mass is 10.0. The van der Waals surface area contributed by atoms with E-state index >= 15 is 0 Å². The Kier molecular flexibility index (Phi) is 3.84. The summed E-state index contributed by atoms with van der Waals surface area (Å²) in [5.74, 6) is -2.36. The van der Waals surface area contributed by atoms with Gasteiger partial charge < -0.3 is 10.8 Å². The second-order valence-electron chi connectivity index (χ2n) is 4.41. The van der Waals surface area contributed by atoms with E-state index in [1.54, 1.807) is 0 Å². The molecule has 1 aromatic heterocycles. The predicted octanol–water partition coefficient (Wildman–Crippen LogP) is 3.41. The fourth-order valence-corrected chi connectivity index (χ4v) is 1.85. The van der Waals surface area contributed by atoms with Crippen LogP contribution in [0.4, 0.5) is 18.9 Å². The van der Waals surface area contributed by atoms with Crippen molar-refractivity contribution in [2.75, 3.05) is 5.73 Å². The second kappa shape index (κ2) is 5.43. The smallest absolute Gasteiger partial charge is 0.354 e. The molecule has 3 N–H and O–H groups in total. The molecule has 1 heterocycles. The van der Waals surface area contributed by atoms with E-state index in [1.807, 2.05) is 0 Å². The summed E-state index contributed by atoms with van der Waals surface area (Å²) in [5.41, 5.74) is 5.45. The number of rotatable bonds is 3. The van der Waals surface area contributed by atoms with E-state index in [2.05, 4.69) is 4.98 Å². The van der Waals surface area contributed by atoms with Crippen molar-refractivity contribution >= 4 is 11.7 Å². The lowest BCUT2D eigenvalue weighted by Crippen LogP contribution is -2.07. The lowest BCUT2D eigenvalue weighted by molar-refractivity contribution is 0.0690. The van der Waals surface area contributed by atoms with Gasteiger partial charge in [0.2, 0.25) is 0 Å². The van der Waals surface area contributed by atoms with E-state index in [4.69, 9.17) is 10.8 Å². The molecule has 4 nitrogen and oxygen atoms in total. The molecule has 0 fully saturated rings. The van der Waals surface area contributed by atoms with Crippen LogP contribution in [0, 0.1) is 12.7 Å². The second-order valence-corrected chi connectivity index (χ2v) is 4.41. The van der Waals surface area contributed by atoms with E-state index < -0.39 is 23.8 Å². The van der Waals surface area contributed by atoms with Gasteiger partial charge in [-0.1, -0.05) is 6.07 Å². The van der Waals surface area contributed by atoms with Crippen molar-refractivity contribution in [2.24, 2.45) is 0 Å². The number of alkyl halides is 2. The highest BCUT2D eigenvalue weighted by Crippen LogP contribution is 2.28. The number of carboxylic acid groups (broad SMARTS) is 1. The maximum atomic E-state index is 13.6. The van der Waals surface area contributed by atoms with Gasteiger partial charge in [0.05, 0.1) is 11.3 Å². The molecule has 0 aliphatic carbocycles. The number of pyridine rings is 1. The summed E-state index contributed by atoms with van der Waals surface area (Å²) in [7, 11) is 0. The molecule has 0 amide bonds. The quantitative estimate of drug-likeness (QED) is 0.910. The molecule has 0 radical (unpaired) electrons. The van der Waals surface area contributed by atoms with Gasteiger partial charge in [0, 0.05) is 16.8 Å². The van der Waals surface area contributed by atoms with Crippen LogP contribution in [0.25, 0.3) is 11.3 Å². The van der Waals surface area contributed by atoms with E-state index in [0.717, 1.165) is 12.1 Å². The van der Waals surface area contributed by atoms with Gasteiger partial charge in [-0.2, -0.15) is 0 Å². The van der Waals surface area contributed by atoms with Crippen molar-refractivity contribution in [1.82, 2.24) is 4.98 Å². The predicted molar refractivity (Wildman–Crippen MR) is 70.7 cm³/mol. The molecular weight excluding hydrogens is 285 g/mol. The van der Waals surface area contributed by atoms with Crippen molar-refractivity contribution in [3.05, 3.63) is 46.9 Å². The van der Waals surface area contributed by atoms with Crippen LogP contribution < -0.4 is 5.73 Å². The van der Waals surface area contributed by atoms with Crippen LogP contribution in [0.3, 0.4) is 0 Å². The minimum absolute atomic E-state index is 0.107. The van der Waals surface area contributed by atoms with Gasteiger partial charge in [0.1, 0.15) is 5.82 Å². The average Bonchev–Trinajstić information content (AvgIpc) is 2.40. The van der Waals surface area contributed by atoms with E-state index in [1.165, 1.54) is 19.1 Å². The van der Waals surface area contributed by atoms with E-state index in [0.29, 0.717) is 0 Å². The highest BCUT2D eigenvalue weighted by molar-refractivity contribution is 5.90. The number of aromatic nitrogens is 1. The largest absolute Gasteiger partial charge is 0.477 e. The summed E-state index contributed by atoms with van der Waals surface area (Å²) in [4.78, 5) is 15.0. The molecule has 0 aliphatic heterocycles. The molecule has 0 spiro atoms. The first-order valence-electron chi connectivity index (χ1n) is 5.89. The normalized spacial score (nSPS) is 10.9. The number of nitrogens with two attached hydrogens (primary N) is 1. The number of halogens is 3. The van der Waals surface area contributed by atoms with Gasteiger partial charge in [-0.15, -0.1) is 0 Å². The number of aromatic carboxylic acids is 1. The molecule has 1 aromatic carbocycles. The van der Waals surface area contributed by atoms with Crippen LogP contribution in [0.1, 0.15) is 28.0 Å². The molecule has 21 heavy (non-hydrogen) atoms. The van der Waals surface area contributed by atoms with Crippen molar-refractivity contribution < 1.29 is 23.1 Å². The first-order chi connectivity index (χ1) is 9.81. The van der Waals surface area contributed by atoms with Crippen LogP contribution in [0.2, 0.25) is 0 Å².